The lowest BCUT2D eigenvalue weighted by Crippen LogP contribution is -2.41. The van der Waals surface area contributed by atoms with E-state index < -0.39 is 17.2 Å². The molecule has 0 saturated carbocycles. The first kappa shape index (κ1) is 23.3. The first-order chi connectivity index (χ1) is 13.8. The quantitative estimate of drug-likeness (QED) is 0.479. The molecule has 1 heterocycles. The third-order valence-electron chi connectivity index (χ3n) is 4.88. The number of nitrogens with zero attached hydrogens (tertiary/aromatic N) is 3. The smallest absolute Gasteiger partial charge is 0.217 e. The Morgan fingerprint density at radius 2 is 2.00 bits per heavy atom. The lowest BCUT2D eigenvalue weighted by Gasteiger charge is -2.34. The van der Waals surface area contributed by atoms with Crippen molar-refractivity contribution in [2.24, 2.45) is 5.73 Å². The molecule has 0 spiro atoms. The van der Waals surface area contributed by atoms with Gasteiger partial charge in [0.1, 0.15) is 29.9 Å². The maximum absolute atomic E-state index is 14.5. The molecular weight excluding hydrogens is 398 g/mol. The molecule has 2 rings (SSSR count). The fourth-order valence-corrected chi connectivity index (χ4v) is 4.37. The van der Waals surface area contributed by atoms with Gasteiger partial charge in [-0.2, -0.15) is 16.9 Å². The minimum atomic E-state index is -1.57. The molecule has 0 unspecified atom stereocenters. The van der Waals surface area contributed by atoms with Crippen molar-refractivity contribution in [1.82, 2.24) is 14.8 Å². The average Bonchev–Trinajstić information content (AvgIpc) is 3.16. The summed E-state index contributed by atoms with van der Waals surface area (Å²) in [5.74, 6) is -0.950. The van der Waals surface area contributed by atoms with Gasteiger partial charge >= 0.3 is 0 Å². The van der Waals surface area contributed by atoms with Crippen LogP contribution in [-0.4, -0.2) is 36.8 Å². The number of benzene rings is 1. The van der Waals surface area contributed by atoms with Crippen molar-refractivity contribution in [3.8, 4) is 0 Å². The Kier molecular flexibility index (Phi) is 9.03. The van der Waals surface area contributed by atoms with Crippen LogP contribution in [0.25, 0.3) is 0 Å². The maximum Gasteiger partial charge on any atom is 0.217 e. The minimum Gasteiger partial charge on any atom is -0.382 e. The number of rotatable bonds is 13. The van der Waals surface area contributed by atoms with Gasteiger partial charge in [0.2, 0.25) is 5.91 Å². The van der Waals surface area contributed by atoms with Crippen LogP contribution in [0.3, 0.4) is 0 Å². The van der Waals surface area contributed by atoms with E-state index in [-0.39, 0.29) is 23.3 Å². The van der Waals surface area contributed by atoms with E-state index in [0.29, 0.717) is 6.42 Å². The molecule has 0 aliphatic heterocycles. The van der Waals surface area contributed by atoms with Gasteiger partial charge in [0.15, 0.2) is 0 Å². The van der Waals surface area contributed by atoms with Crippen LogP contribution in [0.2, 0.25) is 0 Å². The molecular formula is C20H28F2N4O2S. The molecule has 0 radical (unpaired) electrons. The summed E-state index contributed by atoms with van der Waals surface area (Å²) in [6.07, 6.45) is 7.94. The molecule has 0 aliphatic carbocycles. The number of halogens is 2. The molecule has 29 heavy (non-hydrogen) atoms. The molecule has 1 aromatic carbocycles. The fourth-order valence-electron chi connectivity index (χ4n) is 3.16. The highest BCUT2D eigenvalue weighted by Gasteiger charge is 2.39. The molecule has 9 heteroatoms. The summed E-state index contributed by atoms with van der Waals surface area (Å²) >= 11 is 1.54. The van der Waals surface area contributed by atoms with Gasteiger partial charge in [-0.25, -0.2) is 18.4 Å². The Morgan fingerprint density at radius 3 is 2.66 bits per heavy atom. The van der Waals surface area contributed by atoms with Crippen molar-refractivity contribution in [3.63, 3.8) is 0 Å². The number of aliphatic hydroxyl groups is 1. The minimum absolute atomic E-state index is 0.0108. The maximum atomic E-state index is 14.5. The Labute approximate surface area is 173 Å². The second kappa shape index (κ2) is 11.3. The number of amides is 1. The van der Waals surface area contributed by atoms with Crippen molar-refractivity contribution in [3.05, 3.63) is 48.1 Å². The van der Waals surface area contributed by atoms with Gasteiger partial charge in [0.05, 0.1) is 6.54 Å². The van der Waals surface area contributed by atoms with Gasteiger partial charge in [-0.1, -0.05) is 32.3 Å². The van der Waals surface area contributed by atoms with E-state index in [0.717, 1.165) is 50.0 Å². The molecule has 0 fully saturated rings. The summed E-state index contributed by atoms with van der Waals surface area (Å²) in [5, 5.41) is 15.1. The van der Waals surface area contributed by atoms with Gasteiger partial charge < -0.3 is 10.8 Å². The first-order valence-corrected chi connectivity index (χ1v) is 10.8. The van der Waals surface area contributed by atoms with E-state index >= 15 is 0 Å². The van der Waals surface area contributed by atoms with Crippen molar-refractivity contribution >= 4 is 17.7 Å². The second-order valence-electron chi connectivity index (χ2n) is 7.14. The molecule has 2 atom stereocenters. The van der Waals surface area contributed by atoms with Crippen molar-refractivity contribution in [2.75, 3.05) is 5.75 Å². The molecule has 1 aromatic heterocycles. The topological polar surface area (TPSA) is 94.0 Å². The second-order valence-corrected chi connectivity index (χ2v) is 8.59. The summed E-state index contributed by atoms with van der Waals surface area (Å²) in [4.78, 5) is 14.6. The SMILES string of the molecule is C[C@@H](SCCCCCCCC(N)=O)[C@](O)(Cn1cncn1)c1ccc(F)cc1F. The molecule has 1 amide bonds. The van der Waals surface area contributed by atoms with Crippen LogP contribution < -0.4 is 5.73 Å². The zero-order valence-corrected chi connectivity index (χ0v) is 17.4. The van der Waals surface area contributed by atoms with E-state index in [1.807, 2.05) is 6.92 Å². The number of thioether (sulfide) groups is 1. The van der Waals surface area contributed by atoms with Crippen LogP contribution in [0.5, 0.6) is 0 Å². The lowest BCUT2D eigenvalue weighted by molar-refractivity contribution is -0.118. The Hall–Kier alpha value is -2.00. The Balaban J connectivity index is 1.95. The first-order valence-electron chi connectivity index (χ1n) is 9.73. The number of aromatic nitrogens is 3. The van der Waals surface area contributed by atoms with Crippen LogP contribution in [0.4, 0.5) is 8.78 Å². The van der Waals surface area contributed by atoms with Crippen molar-refractivity contribution < 1.29 is 18.7 Å². The van der Waals surface area contributed by atoms with E-state index in [2.05, 4.69) is 10.1 Å². The summed E-state index contributed by atoms with van der Waals surface area (Å²) in [7, 11) is 0. The number of nitrogens with two attached hydrogens (primary N) is 1. The fraction of sp³-hybridized carbons (Fsp3) is 0.550. The number of hydrogen-bond donors (Lipinski definition) is 2. The number of carbonyl (C=O) groups is 1. The molecule has 0 saturated heterocycles. The van der Waals surface area contributed by atoms with Crippen LogP contribution >= 0.6 is 11.8 Å². The van der Waals surface area contributed by atoms with Crippen LogP contribution in [0.15, 0.2) is 30.9 Å². The highest BCUT2D eigenvalue weighted by Crippen LogP contribution is 2.36. The third-order valence-corrected chi connectivity index (χ3v) is 6.29. The largest absolute Gasteiger partial charge is 0.382 e. The highest BCUT2D eigenvalue weighted by molar-refractivity contribution is 7.99. The number of hydrogen-bond acceptors (Lipinski definition) is 5. The van der Waals surface area contributed by atoms with Gasteiger partial charge in [-0.3, -0.25) is 4.79 Å². The predicted molar refractivity (Wildman–Crippen MR) is 109 cm³/mol. The van der Waals surface area contributed by atoms with Gasteiger partial charge in [0, 0.05) is 23.3 Å². The van der Waals surface area contributed by atoms with E-state index in [4.69, 9.17) is 5.73 Å². The van der Waals surface area contributed by atoms with Crippen LogP contribution in [0.1, 0.15) is 51.0 Å². The Morgan fingerprint density at radius 1 is 1.28 bits per heavy atom. The molecule has 160 valence electrons. The summed E-state index contributed by atoms with van der Waals surface area (Å²) in [5.41, 5.74) is 3.59. The monoisotopic (exact) mass is 426 g/mol. The lowest BCUT2D eigenvalue weighted by atomic mass is 9.90. The highest BCUT2D eigenvalue weighted by atomic mass is 32.2. The van der Waals surface area contributed by atoms with Crippen molar-refractivity contribution in [1.29, 1.82) is 0 Å². The molecule has 2 aromatic rings. The van der Waals surface area contributed by atoms with Gasteiger partial charge in [0.25, 0.3) is 0 Å². The molecule has 3 N–H and O–H groups in total. The standard InChI is InChI=1S/C20H28F2N4O2S/c1-15(29-10-6-4-2-3-5-7-19(23)27)20(28,12-26-14-24-13-25-26)17-9-8-16(21)11-18(17)22/h8-9,11,13-15,28H,2-7,10,12H2,1H3,(H2,23,27)/t15-,20-/m1/s1. The zero-order valence-electron chi connectivity index (χ0n) is 16.6. The van der Waals surface area contributed by atoms with E-state index in [1.54, 1.807) is 0 Å². The van der Waals surface area contributed by atoms with Gasteiger partial charge in [-0.05, 0) is 24.7 Å². The summed E-state index contributed by atoms with van der Waals surface area (Å²) in [6.45, 7) is 1.84. The molecule has 0 aliphatic rings. The van der Waals surface area contributed by atoms with Crippen LogP contribution in [0, 0.1) is 11.6 Å². The van der Waals surface area contributed by atoms with Crippen LogP contribution in [-0.2, 0) is 16.9 Å². The van der Waals surface area contributed by atoms with E-state index in [1.165, 1.54) is 35.2 Å². The summed E-state index contributed by atoms with van der Waals surface area (Å²) in [6, 6.07) is 3.22. The number of carbonyl (C=O) groups excluding carboxylic acids is 1. The Bertz CT molecular complexity index is 776. The van der Waals surface area contributed by atoms with E-state index in [9.17, 15) is 18.7 Å². The normalized spacial score (nSPS) is 14.5. The molecule has 6 nitrogen and oxygen atoms in total. The van der Waals surface area contributed by atoms with Gasteiger partial charge in [-0.15, -0.1) is 0 Å². The number of primary amides is 1. The average molecular weight is 427 g/mol. The predicted octanol–water partition coefficient (Wildman–Crippen LogP) is 3.39. The van der Waals surface area contributed by atoms with Crippen molar-refractivity contribution in [2.45, 2.75) is 62.8 Å². The zero-order chi connectivity index (χ0) is 21.3. The third kappa shape index (κ3) is 7.08. The summed E-state index contributed by atoms with van der Waals surface area (Å²) < 4.78 is 29.3. The number of unbranched alkanes of at least 4 members (excludes halogenated alkanes) is 4. The molecule has 0 bridgehead atoms.